The molecule has 9 heteroatoms. The number of nitrogens with zero attached hydrogens (tertiary/aromatic N) is 6. The van der Waals surface area contributed by atoms with Crippen molar-refractivity contribution in [2.45, 2.75) is 13.2 Å². The fraction of sp³-hybridized carbons (Fsp3) is 0.0455. The quantitative estimate of drug-likeness (QED) is 0.117. The van der Waals surface area contributed by atoms with Gasteiger partial charge in [-0.05, 0) is 103 Å². The molecule has 256 valence electrons. The Morgan fingerprint density at radius 3 is 1.49 bits per heavy atom. The van der Waals surface area contributed by atoms with Crippen molar-refractivity contribution in [1.82, 2.24) is 19.9 Å². The van der Waals surface area contributed by atoms with E-state index in [0.717, 1.165) is 61.2 Å². The van der Waals surface area contributed by atoms with Gasteiger partial charge in [-0.2, -0.15) is 0 Å². The maximum Gasteiger partial charge on any atom is 0.228 e. The maximum absolute atomic E-state index is 6.12. The van der Waals surface area contributed by atoms with E-state index in [2.05, 4.69) is 68.7 Å². The van der Waals surface area contributed by atoms with E-state index >= 15 is 0 Å². The van der Waals surface area contributed by atoms with E-state index in [1.165, 1.54) is 0 Å². The van der Waals surface area contributed by atoms with Gasteiger partial charge in [0.15, 0.2) is 5.58 Å². The molecule has 8 rings (SSSR count). The van der Waals surface area contributed by atoms with Gasteiger partial charge in [-0.1, -0.05) is 36.4 Å². The molecule has 0 radical (unpaired) electrons. The third-order valence-corrected chi connectivity index (χ3v) is 8.66. The van der Waals surface area contributed by atoms with Gasteiger partial charge in [0.2, 0.25) is 5.89 Å². The molecule has 0 saturated carbocycles. The molecular weight excluding hydrogens is 661 g/mol. The first kappa shape index (κ1) is 32.9. The van der Waals surface area contributed by atoms with Crippen molar-refractivity contribution in [3.63, 3.8) is 0 Å². The number of rotatable bonds is 12. The molecule has 0 N–H and O–H groups in total. The summed E-state index contributed by atoms with van der Waals surface area (Å²) >= 11 is 0. The molecular formula is C44H32N6O3. The highest BCUT2D eigenvalue weighted by atomic mass is 16.5. The van der Waals surface area contributed by atoms with E-state index in [1.807, 2.05) is 97.5 Å². The Labute approximate surface area is 306 Å². The Balaban J connectivity index is 1.16. The van der Waals surface area contributed by atoms with Crippen LogP contribution >= 0.6 is 0 Å². The second-order valence-electron chi connectivity index (χ2n) is 12.2. The third kappa shape index (κ3) is 7.31. The van der Waals surface area contributed by atoms with Crippen LogP contribution in [0.3, 0.4) is 0 Å². The molecule has 0 aliphatic heterocycles. The zero-order chi connectivity index (χ0) is 36.0. The zero-order valence-corrected chi connectivity index (χ0v) is 28.6. The van der Waals surface area contributed by atoms with Crippen molar-refractivity contribution in [1.29, 1.82) is 0 Å². The van der Waals surface area contributed by atoms with Crippen LogP contribution in [0.15, 0.2) is 161 Å². The van der Waals surface area contributed by atoms with Crippen LogP contribution < -0.4 is 9.47 Å². The molecule has 0 aliphatic carbocycles. The van der Waals surface area contributed by atoms with Crippen molar-refractivity contribution in [3.8, 4) is 56.3 Å². The van der Waals surface area contributed by atoms with Crippen LogP contribution in [0.25, 0.3) is 55.9 Å². The summed E-state index contributed by atoms with van der Waals surface area (Å²) in [6.45, 7) is 7.95. The molecule has 0 saturated heterocycles. The van der Waals surface area contributed by atoms with Crippen LogP contribution in [0.1, 0.15) is 11.1 Å². The number of fused-ring (bicyclic) bond motifs is 1. The molecule has 0 unspecified atom stereocenters. The second-order valence-corrected chi connectivity index (χ2v) is 12.2. The van der Waals surface area contributed by atoms with Crippen LogP contribution in [-0.2, 0) is 13.2 Å². The van der Waals surface area contributed by atoms with Crippen molar-refractivity contribution in [2.24, 2.45) is 9.98 Å². The topological polar surface area (TPSA) is 108 Å². The maximum atomic E-state index is 6.12. The first-order valence-electron chi connectivity index (χ1n) is 16.9. The molecule has 0 bridgehead atoms. The van der Waals surface area contributed by atoms with Gasteiger partial charge in [0.25, 0.3) is 0 Å². The van der Waals surface area contributed by atoms with E-state index in [1.54, 1.807) is 18.6 Å². The zero-order valence-electron chi connectivity index (χ0n) is 28.6. The molecule has 4 heterocycles. The highest BCUT2D eigenvalue weighted by Gasteiger charge is 2.14. The monoisotopic (exact) mass is 692 g/mol. The minimum Gasteiger partial charge on any atom is -0.487 e. The summed E-state index contributed by atoms with van der Waals surface area (Å²) < 4.78 is 18.3. The first-order valence-corrected chi connectivity index (χ1v) is 16.9. The molecule has 0 spiro atoms. The number of aliphatic imine (C=N–C) groups is 2. The van der Waals surface area contributed by atoms with Gasteiger partial charge >= 0.3 is 0 Å². The Bertz CT molecular complexity index is 2450. The van der Waals surface area contributed by atoms with Crippen molar-refractivity contribution in [2.75, 3.05) is 0 Å². The number of para-hydroxylation sites is 6. The van der Waals surface area contributed by atoms with Crippen molar-refractivity contribution >= 4 is 35.9 Å². The number of hydrogen-bond acceptors (Lipinski definition) is 9. The highest BCUT2D eigenvalue weighted by Crippen LogP contribution is 2.35. The lowest BCUT2D eigenvalue weighted by molar-refractivity contribution is 0.307. The number of benzene rings is 4. The summed E-state index contributed by atoms with van der Waals surface area (Å²) in [5.41, 5.74) is 11.1. The molecule has 0 fully saturated rings. The number of pyridine rings is 3. The van der Waals surface area contributed by atoms with E-state index in [0.29, 0.717) is 42.0 Å². The smallest absolute Gasteiger partial charge is 0.228 e. The molecule has 53 heavy (non-hydrogen) atoms. The standard InChI is InChI=1S/C44H32N6O3/c1-45-38-9-3-6-12-41(38)51-27-29-15-34(23-47-21-29)31-17-32(35-16-30(22-48-24-35)28-52-42-13-7-4-10-39(42)46-2)19-33(18-31)36-20-37(26-49-25-36)44-50-40-11-5-8-14-43(40)53-44/h3-26H,1-2,27-28H2. The van der Waals surface area contributed by atoms with Gasteiger partial charge in [0.05, 0.1) is 5.56 Å². The summed E-state index contributed by atoms with van der Waals surface area (Å²) in [6, 6.07) is 35.4. The van der Waals surface area contributed by atoms with E-state index in [4.69, 9.17) is 18.9 Å². The molecule has 0 amide bonds. The molecule has 9 nitrogen and oxygen atoms in total. The SMILES string of the molecule is C=Nc1ccccc1OCc1cncc(-c2cc(-c3cncc(COc4ccccc4N=C)c3)cc(-c3cncc(-c4nc5ccccc5o4)c3)c2)c1. The van der Waals surface area contributed by atoms with Gasteiger partial charge in [0, 0.05) is 65.0 Å². The van der Waals surface area contributed by atoms with Crippen LogP contribution in [0.5, 0.6) is 11.5 Å². The molecule has 4 aromatic carbocycles. The lowest BCUT2D eigenvalue weighted by atomic mass is 9.94. The fourth-order valence-electron chi connectivity index (χ4n) is 6.03. The number of hydrogen-bond donors (Lipinski definition) is 0. The summed E-state index contributed by atoms with van der Waals surface area (Å²) in [6.07, 6.45) is 10.9. The molecule has 4 aromatic heterocycles. The Hall–Kier alpha value is -7.26. The molecule has 0 atom stereocenters. The normalized spacial score (nSPS) is 10.9. The van der Waals surface area contributed by atoms with Gasteiger partial charge in [0.1, 0.15) is 41.6 Å². The average molecular weight is 693 g/mol. The predicted molar refractivity (Wildman–Crippen MR) is 209 cm³/mol. The Kier molecular flexibility index (Phi) is 9.27. The summed E-state index contributed by atoms with van der Waals surface area (Å²) in [7, 11) is 0. The van der Waals surface area contributed by atoms with Crippen molar-refractivity contribution < 1.29 is 13.9 Å². The number of ether oxygens (including phenoxy) is 2. The Morgan fingerprint density at radius 2 is 0.943 bits per heavy atom. The predicted octanol–water partition coefficient (Wildman–Crippen LogP) is 10.5. The van der Waals surface area contributed by atoms with Gasteiger partial charge in [-0.25, -0.2) is 4.98 Å². The van der Waals surface area contributed by atoms with Crippen molar-refractivity contribution in [3.05, 3.63) is 158 Å². The van der Waals surface area contributed by atoms with E-state index in [-0.39, 0.29) is 0 Å². The van der Waals surface area contributed by atoms with E-state index < -0.39 is 0 Å². The van der Waals surface area contributed by atoms with Gasteiger partial charge in [-0.15, -0.1) is 0 Å². The van der Waals surface area contributed by atoms with E-state index in [9.17, 15) is 0 Å². The molecule has 0 aliphatic rings. The number of aromatic nitrogens is 4. The Morgan fingerprint density at radius 1 is 0.491 bits per heavy atom. The minimum atomic E-state index is 0.312. The lowest BCUT2D eigenvalue weighted by Gasteiger charge is -2.13. The molecule has 8 aromatic rings. The third-order valence-electron chi connectivity index (χ3n) is 8.66. The first-order chi connectivity index (χ1) is 26.1. The van der Waals surface area contributed by atoms with Gasteiger partial charge in [-0.3, -0.25) is 24.9 Å². The average Bonchev–Trinajstić information content (AvgIpc) is 3.67. The summed E-state index contributed by atoms with van der Waals surface area (Å²) in [5.74, 6) is 1.82. The summed E-state index contributed by atoms with van der Waals surface area (Å²) in [4.78, 5) is 26.6. The van der Waals surface area contributed by atoms with Crippen LogP contribution in [0, 0.1) is 0 Å². The van der Waals surface area contributed by atoms with Gasteiger partial charge < -0.3 is 13.9 Å². The lowest BCUT2D eigenvalue weighted by Crippen LogP contribution is -1.98. The number of oxazole rings is 1. The minimum absolute atomic E-state index is 0.312. The van der Waals surface area contributed by atoms with Crippen LogP contribution in [0.2, 0.25) is 0 Å². The van der Waals surface area contributed by atoms with Crippen LogP contribution in [-0.4, -0.2) is 33.4 Å². The fourth-order valence-corrected chi connectivity index (χ4v) is 6.03. The highest BCUT2D eigenvalue weighted by molar-refractivity contribution is 5.82. The second kappa shape index (κ2) is 14.9. The summed E-state index contributed by atoms with van der Waals surface area (Å²) in [5, 5.41) is 0. The largest absolute Gasteiger partial charge is 0.487 e. The van der Waals surface area contributed by atoms with Crippen LogP contribution in [0.4, 0.5) is 11.4 Å².